The van der Waals surface area contributed by atoms with Crippen LogP contribution in [0.25, 0.3) is 22.6 Å². The van der Waals surface area contributed by atoms with Crippen molar-refractivity contribution in [3.8, 4) is 11.5 Å². The van der Waals surface area contributed by atoms with E-state index in [-0.39, 0.29) is 30.4 Å². The first-order valence-corrected chi connectivity index (χ1v) is 8.41. The molecule has 0 radical (unpaired) electrons. The van der Waals surface area contributed by atoms with Crippen LogP contribution in [-0.4, -0.2) is 35.8 Å². The Balaban J connectivity index is 1.79. The summed E-state index contributed by atoms with van der Waals surface area (Å²) in [5.41, 5.74) is 7.68. The SMILES string of the molecule is Nc1nc(-c2nn(Cc3ccccc3F)c3ncccc23)ncc1CC(=O)O. The summed E-state index contributed by atoms with van der Waals surface area (Å²) >= 11 is 0. The summed E-state index contributed by atoms with van der Waals surface area (Å²) < 4.78 is 15.6. The molecule has 3 heterocycles. The molecule has 0 bridgehead atoms. The van der Waals surface area contributed by atoms with Crippen molar-refractivity contribution in [2.45, 2.75) is 13.0 Å². The van der Waals surface area contributed by atoms with Gasteiger partial charge in [0.2, 0.25) is 0 Å². The third kappa shape index (κ3) is 3.25. The zero-order valence-electron chi connectivity index (χ0n) is 14.6. The molecule has 8 nitrogen and oxygen atoms in total. The molecule has 0 unspecified atom stereocenters. The van der Waals surface area contributed by atoms with E-state index in [9.17, 15) is 9.18 Å². The average Bonchev–Trinajstić information content (AvgIpc) is 3.04. The average molecular weight is 378 g/mol. The number of anilines is 1. The highest BCUT2D eigenvalue weighted by Crippen LogP contribution is 2.26. The number of fused-ring (bicyclic) bond motifs is 1. The summed E-state index contributed by atoms with van der Waals surface area (Å²) in [6, 6.07) is 10.0. The van der Waals surface area contributed by atoms with Crippen molar-refractivity contribution in [1.29, 1.82) is 0 Å². The Morgan fingerprint density at radius 3 is 2.71 bits per heavy atom. The van der Waals surface area contributed by atoms with E-state index in [0.717, 1.165) is 0 Å². The number of pyridine rings is 1. The minimum atomic E-state index is -1.02. The van der Waals surface area contributed by atoms with Crippen LogP contribution in [0, 0.1) is 5.82 Å². The number of hydrogen-bond acceptors (Lipinski definition) is 6. The first-order chi connectivity index (χ1) is 13.5. The number of aliphatic carboxylic acids is 1. The Bertz CT molecular complexity index is 1190. The van der Waals surface area contributed by atoms with Crippen LogP contribution in [-0.2, 0) is 17.8 Å². The van der Waals surface area contributed by atoms with Crippen molar-refractivity contribution in [2.24, 2.45) is 0 Å². The predicted octanol–water partition coefficient (Wildman–Crippen LogP) is 2.28. The van der Waals surface area contributed by atoms with Gasteiger partial charge < -0.3 is 10.8 Å². The fourth-order valence-corrected chi connectivity index (χ4v) is 2.91. The van der Waals surface area contributed by atoms with Gasteiger partial charge in [-0.1, -0.05) is 18.2 Å². The summed E-state index contributed by atoms with van der Waals surface area (Å²) in [6.45, 7) is 0.187. The minimum absolute atomic E-state index is 0.0769. The standard InChI is InChI=1S/C19H15FN6O2/c20-14-6-2-1-4-11(14)10-26-19-13(5-3-7-22-19)16(25-26)18-23-9-12(8-15(27)28)17(21)24-18/h1-7,9H,8,10H2,(H,27,28)(H2,21,23,24). The molecule has 3 N–H and O–H groups in total. The minimum Gasteiger partial charge on any atom is -0.481 e. The Morgan fingerprint density at radius 2 is 1.96 bits per heavy atom. The molecule has 0 aliphatic carbocycles. The quantitative estimate of drug-likeness (QED) is 0.547. The van der Waals surface area contributed by atoms with Gasteiger partial charge in [0.15, 0.2) is 11.5 Å². The van der Waals surface area contributed by atoms with Crippen molar-refractivity contribution in [3.05, 3.63) is 65.7 Å². The van der Waals surface area contributed by atoms with Crippen molar-refractivity contribution in [2.75, 3.05) is 5.73 Å². The number of carboxylic acid groups (broad SMARTS) is 1. The van der Waals surface area contributed by atoms with Gasteiger partial charge in [0.25, 0.3) is 0 Å². The Hall–Kier alpha value is -3.88. The number of hydrogen-bond donors (Lipinski definition) is 2. The first kappa shape index (κ1) is 17.5. The van der Waals surface area contributed by atoms with E-state index in [1.165, 1.54) is 12.3 Å². The number of nitrogens with two attached hydrogens (primary N) is 1. The smallest absolute Gasteiger partial charge is 0.308 e. The molecule has 0 amide bonds. The Kier molecular flexibility index (Phi) is 4.40. The third-order valence-electron chi connectivity index (χ3n) is 4.24. The van der Waals surface area contributed by atoms with Gasteiger partial charge in [-0.2, -0.15) is 5.10 Å². The maximum atomic E-state index is 14.1. The molecule has 0 saturated heterocycles. The van der Waals surface area contributed by atoms with E-state index in [1.807, 2.05) is 6.07 Å². The Morgan fingerprint density at radius 1 is 1.14 bits per heavy atom. The molecule has 1 aromatic carbocycles. The van der Waals surface area contributed by atoms with Crippen LogP contribution in [0.1, 0.15) is 11.1 Å². The number of nitrogens with zero attached hydrogens (tertiary/aromatic N) is 5. The van der Waals surface area contributed by atoms with Gasteiger partial charge in [-0.15, -0.1) is 0 Å². The van der Waals surface area contributed by atoms with Crippen LogP contribution < -0.4 is 5.73 Å². The number of aromatic nitrogens is 5. The highest BCUT2D eigenvalue weighted by Gasteiger charge is 2.18. The number of rotatable bonds is 5. The molecular formula is C19H15FN6O2. The molecule has 3 aromatic heterocycles. The number of carboxylic acids is 1. The molecule has 0 spiro atoms. The number of benzene rings is 1. The van der Waals surface area contributed by atoms with Crippen LogP contribution in [0.3, 0.4) is 0 Å². The topological polar surface area (TPSA) is 120 Å². The van der Waals surface area contributed by atoms with Crippen LogP contribution in [0.5, 0.6) is 0 Å². The van der Waals surface area contributed by atoms with Gasteiger partial charge in [-0.25, -0.2) is 24.0 Å². The van der Waals surface area contributed by atoms with E-state index in [0.29, 0.717) is 27.9 Å². The summed E-state index contributed by atoms with van der Waals surface area (Å²) in [6.07, 6.45) is 2.73. The van der Waals surface area contributed by atoms with Crippen LogP contribution >= 0.6 is 0 Å². The molecule has 0 fully saturated rings. The van der Waals surface area contributed by atoms with Crippen LogP contribution in [0.2, 0.25) is 0 Å². The second kappa shape index (κ2) is 7.03. The van der Waals surface area contributed by atoms with E-state index in [4.69, 9.17) is 10.8 Å². The normalized spacial score (nSPS) is 11.0. The van der Waals surface area contributed by atoms with Crippen molar-refractivity contribution < 1.29 is 14.3 Å². The molecule has 4 rings (SSSR count). The van der Waals surface area contributed by atoms with Crippen LogP contribution in [0.4, 0.5) is 10.2 Å². The highest BCUT2D eigenvalue weighted by molar-refractivity contribution is 5.89. The predicted molar refractivity (Wildman–Crippen MR) is 99.8 cm³/mol. The summed E-state index contributed by atoms with van der Waals surface area (Å²) in [7, 11) is 0. The number of nitrogen functional groups attached to an aromatic ring is 1. The summed E-state index contributed by atoms with van der Waals surface area (Å²) in [5, 5.41) is 14.1. The van der Waals surface area contributed by atoms with E-state index in [2.05, 4.69) is 20.1 Å². The largest absolute Gasteiger partial charge is 0.481 e. The lowest BCUT2D eigenvalue weighted by molar-refractivity contribution is -0.136. The lowest BCUT2D eigenvalue weighted by Crippen LogP contribution is -2.07. The van der Waals surface area contributed by atoms with E-state index in [1.54, 1.807) is 35.1 Å². The van der Waals surface area contributed by atoms with Gasteiger partial charge in [0.05, 0.1) is 18.4 Å². The van der Waals surface area contributed by atoms with Crippen molar-refractivity contribution >= 4 is 22.8 Å². The second-order valence-corrected chi connectivity index (χ2v) is 6.15. The van der Waals surface area contributed by atoms with E-state index < -0.39 is 5.97 Å². The fraction of sp³-hybridized carbons (Fsp3) is 0.105. The second-order valence-electron chi connectivity index (χ2n) is 6.15. The molecular weight excluding hydrogens is 363 g/mol. The molecule has 9 heteroatoms. The number of carbonyl (C=O) groups is 1. The van der Waals surface area contributed by atoms with Gasteiger partial charge in [0, 0.05) is 23.5 Å². The van der Waals surface area contributed by atoms with Crippen molar-refractivity contribution in [1.82, 2.24) is 24.7 Å². The van der Waals surface area contributed by atoms with Gasteiger partial charge in [0.1, 0.15) is 17.3 Å². The van der Waals surface area contributed by atoms with Gasteiger partial charge in [-0.3, -0.25) is 4.79 Å². The summed E-state index contributed by atoms with van der Waals surface area (Å²) in [4.78, 5) is 23.7. The zero-order valence-corrected chi connectivity index (χ0v) is 14.6. The maximum absolute atomic E-state index is 14.1. The Labute approximate surface area is 158 Å². The van der Waals surface area contributed by atoms with E-state index >= 15 is 0 Å². The van der Waals surface area contributed by atoms with Gasteiger partial charge in [-0.05, 0) is 18.2 Å². The van der Waals surface area contributed by atoms with Gasteiger partial charge >= 0.3 is 5.97 Å². The maximum Gasteiger partial charge on any atom is 0.308 e. The lowest BCUT2D eigenvalue weighted by atomic mass is 10.2. The molecule has 0 aliphatic rings. The zero-order chi connectivity index (χ0) is 19.7. The van der Waals surface area contributed by atoms with Crippen molar-refractivity contribution in [3.63, 3.8) is 0 Å². The molecule has 0 saturated carbocycles. The molecule has 0 aliphatic heterocycles. The lowest BCUT2D eigenvalue weighted by Gasteiger charge is -2.04. The molecule has 4 aromatic rings. The fourth-order valence-electron chi connectivity index (χ4n) is 2.91. The highest BCUT2D eigenvalue weighted by atomic mass is 19.1. The first-order valence-electron chi connectivity index (χ1n) is 8.41. The third-order valence-corrected chi connectivity index (χ3v) is 4.24. The molecule has 28 heavy (non-hydrogen) atoms. The monoisotopic (exact) mass is 378 g/mol. The molecule has 0 atom stereocenters. The van der Waals surface area contributed by atoms with Crippen LogP contribution in [0.15, 0.2) is 48.8 Å². The molecule has 140 valence electrons. The summed E-state index contributed by atoms with van der Waals surface area (Å²) in [5.74, 6) is -1.03. The number of halogens is 1.